The van der Waals surface area contributed by atoms with Crippen LogP contribution in [0.5, 0.6) is 11.5 Å². The maximum absolute atomic E-state index is 12.6. The van der Waals surface area contributed by atoms with Crippen molar-refractivity contribution in [1.82, 2.24) is 19.2 Å². The molecule has 34 heavy (non-hydrogen) atoms. The van der Waals surface area contributed by atoms with Crippen LogP contribution in [0, 0.1) is 13.8 Å². The Hall–Kier alpha value is -4.14. The van der Waals surface area contributed by atoms with Crippen molar-refractivity contribution in [3.05, 3.63) is 82.0 Å². The van der Waals surface area contributed by atoms with Gasteiger partial charge in [0, 0.05) is 23.9 Å². The van der Waals surface area contributed by atoms with Crippen LogP contribution >= 0.6 is 0 Å². The van der Waals surface area contributed by atoms with Crippen molar-refractivity contribution in [3.63, 3.8) is 0 Å². The number of anilines is 1. The third-order valence-corrected chi connectivity index (χ3v) is 5.28. The first-order chi connectivity index (χ1) is 16.3. The Kier molecular flexibility index (Phi) is 6.62. The van der Waals surface area contributed by atoms with Gasteiger partial charge in [0.1, 0.15) is 24.4 Å². The molecule has 0 saturated heterocycles. The lowest BCUT2D eigenvalue weighted by Gasteiger charge is -2.13. The van der Waals surface area contributed by atoms with Crippen molar-refractivity contribution in [2.24, 2.45) is 0 Å². The molecule has 0 saturated carbocycles. The maximum atomic E-state index is 12.6. The van der Waals surface area contributed by atoms with E-state index in [4.69, 9.17) is 9.47 Å². The zero-order chi connectivity index (χ0) is 24.2. The SMILES string of the molecule is Cc1ccccc1OCC(=O)Nc1ccc(C)c(OCc2cc(=O)n3c(ncn3C(C)C)n2)c1. The molecule has 0 fully saturated rings. The van der Waals surface area contributed by atoms with Crippen molar-refractivity contribution < 1.29 is 14.3 Å². The second-order valence-electron chi connectivity index (χ2n) is 8.29. The molecule has 9 nitrogen and oxygen atoms in total. The smallest absolute Gasteiger partial charge is 0.274 e. The molecule has 0 spiro atoms. The highest BCUT2D eigenvalue weighted by Crippen LogP contribution is 2.24. The number of benzene rings is 2. The fourth-order valence-corrected chi connectivity index (χ4v) is 3.46. The van der Waals surface area contributed by atoms with E-state index in [-0.39, 0.29) is 30.7 Å². The number of nitrogens with zero attached hydrogens (tertiary/aromatic N) is 4. The summed E-state index contributed by atoms with van der Waals surface area (Å²) in [6.45, 7) is 7.74. The van der Waals surface area contributed by atoms with Gasteiger partial charge in [0.2, 0.25) is 0 Å². The van der Waals surface area contributed by atoms with Gasteiger partial charge in [-0.05, 0) is 51.0 Å². The predicted molar refractivity (Wildman–Crippen MR) is 128 cm³/mol. The predicted octanol–water partition coefficient (Wildman–Crippen LogP) is 3.69. The number of para-hydroxylation sites is 1. The van der Waals surface area contributed by atoms with Crippen molar-refractivity contribution in [3.8, 4) is 11.5 Å². The minimum absolute atomic E-state index is 0.0781. The maximum Gasteiger partial charge on any atom is 0.274 e. The number of amides is 1. The standard InChI is InChI=1S/C25H27N5O4/c1-16(2)29-15-26-25-28-20(12-24(32)30(25)29)13-33-22-11-19(10-9-18(22)4)27-23(31)14-34-21-8-6-5-7-17(21)3/h5-12,15-16H,13-14H2,1-4H3,(H,27,31). The molecule has 2 heterocycles. The van der Waals surface area contributed by atoms with Gasteiger partial charge in [-0.1, -0.05) is 24.3 Å². The molecule has 0 aliphatic rings. The van der Waals surface area contributed by atoms with Gasteiger partial charge < -0.3 is 14.8 Å². The second-order valence-corrected chi connectivity index (χ2v) is 8.29. The summed E-state index contributed by atoms with van der Waals surface area (Å²) in [7, 11) is 0. The Morgan fingerprint density at radius 1 is 1.03 bits per heavy atom. The lowest BCUT2D eigenvalue weighted by molar-refractivity contribution is -0.118. The van der Waals surface area contributed by atoms with E-state index in [1.54, 1.807) is 23.1 Å². The minimum Gasteiger partial charge on any atom is -0.487 e. The van der Waals surface area contributed by atoms with E-state index >= 15 is 0 Å². The van der Waals surface area contributed by atoms with Gasteiger partial charge in [-0.15, -0.1) is 0 Å². The third kappa shape index (κ3) is 5.09. The summed E-state index contributed by atoms with van der Waals surface area (Å²) in [5.74, 6) is 1.29. The average molecular weight is 462 g/mol. The van der Waals surface area contributed by atoms with Crippen LogP contribution in [-0.4, -0.2) is 31.7 Å². The minimum atomic E-state index is -0.279. The quantitative estimate of drug-likeness (QED) is 0.430. The first-order valence-corrected chi connectivity index (χ1v) is 11.0. The molecule has 176 valence electrons. The van der Waals surface area contributed by atoms with E-state index in [9.17, 15) is 9.59 Å². The van der Waals surface area contributed by atoms with Crippen LogP contribution in [0.3, 0.4) is 0 Å². The number of aryl methyl sites for hydroxylation is 2. The zero-order valence-electron chi connectivity index (χ0n) is 19.6. The molecular weight excluding hydrogens is 434 g/mol. The number of nitrogens with one attached hydrogen (secondary N) is 1. The van der Waals surface area contributed by atoms with Crippen LogP contribution in [0.25, 0.3) is 5.78 Å². The largest absolute Gasteiger partial charge is 0.487 e. The van der Waals surface area contributed by atoms with Crippen molar-refractivity contribution >= 4 is 17.4 Å². The summed E-state index contributed by atoms with van der Waals surface area (Å²) in [6.07, 6.45) is 1.60. The normalized spacial score (nSPS) is 11.1. The van der Waals surface area contributed by atoms with E-state index in [0.717, 1.165) is 11.1 Å². The van der Waals surface area contributed by atoms with Gasteiger partial charge in [0.25, 0.3) is 17.2 Å². The Balaban J connectivity index is 1.42. The van der Waals surface area contributed by atoms with Crippen molar-refractivity contribution in [2.45, 2.75) is 40.3 Å². The molecule has 1 N–H and O–H groups in total. The van der Waals surface area contributed by atoms with Crippen LogP contribution in [0.1, 0.15) is 36.7 Å². The zero-order valence-corrected chi connectivity index (χ0v) is 19.6. The summed E-state index contributed by atoms with van der Waals surface area (Å²) in [5.41, 5.74) is 2.68. The molecule has 4 rings (SSSR count). The van der Waals surface area contributed by atoms with Crippen molar-refractivity contribution in [1.29, 1.82) is 0 Å². The van der Waals surface area contributed by atoms with Gasteiger partial charge in [-0.2, -0.15) is 9.50 Å². The molecule has 0 unspecified atom stereocenters. The molecule has 0 aliphatic heterocycles. The molecule has 0 atom stereocenters. The molecule has 0 radical (unpaired) electrons. The number of rotatable bonds is 8. The summed E-state index contributed by atoms with van der Waals surface area (Å²) >= 11 is 0. The van der Waals surface area contributed by atoms with E-state index in [0.29, 0.717) is 28.7 Å². The van der Waals surface area contributed by atoms with Crippen LogP contribution in [0.2, 0.25) is 0 Å². The highest BCUT2D eigenvalue weighted by Gasteiger charge is 2.12. The Labute approximate surface area is 197 Å². The molecule has 9 heteroatoms. The molecule has 0 aliphatic carbocycles. The average Bonchev–Trinajstić information content (AvgIpc) is 3.24. The number of hydrogen-bond donors (Lipinski definition) is 1. The van der Waals surface area contributed by atoms with Gasteiger partial charge in [-0.3, -0.25) is 14.3 Å². The molecule has 0 bridgehead atoms. The van der Waals surface area contributed by atoms with Crippen LogP contribution in [-0.2, 0) is 11.4 Å². The first kappa shape index (κ1) is 23.0. The van der Waals surface area contributed by atoms with E-state index in [1.807, 2.05) is 58.0 Å². The Morgan fingerprint density at radius 2 is 1.79 bits per heavy atom. The first-order valence-electron chi connectivity index (χ1n) is 11.0. The van der Waals surface area contributed by atoms with Gasteiger partial charge in [0.15, 0.2) is 6.61 Å². The fourth-order valence-electron chi connectivity index (χ4n) is 3.46. The number of carbonyl (C=O) groups excluding carboxylic acids is 1. The number of hydrogen-bond acceptors (Lipinski definition) is 6. The fraction of sp³-hybridized carbons (Fsp3) is 0.280. The summed E-state index contributed by atoms with van der Waals surface area (Å²) < 4.78 is 14.7. The molecular formula is C25H27N5O4. The van der Waals surface area contributed by atoms with E-state index < -0.39 is 0 Å². The van der Waals surface area contributed by atoms with Crippen molar-refractivity contribution in [2.75, 3.05) is 11.9 Å². The number of fused-ring (bicyclic) bond motifs is 1. The van der Waals surface area contributed by atoms with Gasteiger partial charge in [-0.25, -0.2) is 4.98 Å². The molecule has 4 aromatic rings. The van der Waals surface area contributed by atoms with Crippen LogP contribution < -0.4 is 20.3 Å². The highest BCUT2D eigenvalue weighted by atomic mass is 16.5. The van der Waals surface area contributed by atoms with E-state index in [1.165, 1.54) is 10.6 Å². The lowest BCUT2D eigenvalue weighted by Crippen LogP contribution is -2.23. The number of aromatic nitrogens is 4. The second kappa shape index (κ2) is 9.78. The van der Waals surface area contributed by atoms with E-state index in [2.05, 4.69) is 15.3 Å². The summed E-state index contributed by atoms with van der Waals surface area (Å²) in [5, 5.41) is 2.82. The molecule has 1 amide bonds. The highest BCUT2D eigenvalue weighted by molar-refractivity contribution is 5.92. The number of ether oxygens (including phenoxy) is 2. The Morgan fingerprint density at radius 3 is 2.56 bits per heavy atom. The van der Waals surface area contributed by atoms with Gasteiger partial charge >= 0.3 is 0 Å². The van der Waals surface area contributed by atoms with Crippen LogP contribution in [0.4, 0.5) is 5.69 Å². The summed E-state index contributed by atoms with van der Waals surface area (Å²) in [4.78, 5) is 33.6. The number of carbonyl (C=O) groups is 1. The molecule has 2 aromatic heterocycles. The van der Waals surface area contributed by atoms with Gasteiger partial charge in [0.05, 0.1) is 5.69 Å². The third-order valence-electron chi connectivity index (χ3n) is 5.28. The monoisotopic (exact) mass is 461 g/mol. The topological polar surface area (TPSA) is 99.7 Å². The summed E-state index contributed by atoms with van der Waals surface area (Å²) in [6, 6.07) is 14.4. The molecule has 2 aromatic carbocycles. The lowest BCUT2D eigenvalue weighted by atomic mass is 10.2. The Bertz CT molecular complexity index is 1390. The van der Waals surface area contributed by atoms with Crippen LogP contribution in [0.15, 0.2) is 59.7 Å².